The third-order valence-corrected chi connectivity index (χ3v) is 4.12. The molecule has 0 atom stereocenters. The number of hydrazone groups is 1. The number of benzene rings is 2. The van der Waals surface area contributed by atoms with Gasteiger partial charge in [0.15, 0.2) is 0 Å². The van der Waals surface area contributed by atoms with E-state index < -0.39 is 5.91 Å². The van der Waals surface area contributed by atoms with E-state index in [0.29, 0.717) is 22.2 Å². The lowest BCUT2D eigenvalue weighted by Crippen LogP contribution is -2.22. The molecule has 0 aliphatic carbocycles. The minimum atomic E-state index is -0.489. The van der Waals surface area contributed by atoms with Crippen LogP contribution in [0.25, 0.3) is 0 Å². The van der Waals surface area contributed by atoms with E-state index in [9.17, 15) is 9.59 Å². The quantitative estimate of drug-likeness (QED) is 0.548. The molecule has 0 radical (unpaired) electrons. The van der Waals surface area contributed by atoms with Crippen LogP contribution in [-0.4, -0.2) is 24.6 Å². The van der Waals surface area contributed by atoms with E-state index in [2.05, 4.69) is 15.8 Å². The van der Waals surface area contributed by atoms with Crippen LogP contribution in [0.2, 0.25) is 10.0 Å². The Balaban J connectivity index is 1.97. The molecule has 142 valence electrons. The second kappa shape index (κ2) is 9.39. The highest BCUT2D eigenvalue weighted by molar-refractivity contribution is 6.36. The summed E-state index contributed by atoms with van der Waals surface area (Å²) < 4.78 is 5.23. The second-order valence-corrected chi connectivity index (χ2v) is 6.68. The second-order valence-electron chi connectivity index (χ2n) is 5.84. The number of nitrogens with zero attached hydrogens (tertiary/aromatic N) is 1. The predicted molar refractivity (Wildman–Crippen MR) is 108 cm³/mol. The maximum absolute atomic E-state index is 12.2. The minimum Gasteiger partial charge on any atom is -0.495 e. The molecule has 0 saturated heterocycles. The van der Waals surface area contributed by atoms with Gasteiger partial charge in [-0.1, -0.05) is 29.3 Å². The first-order valence-corrected chi connectivity index (χ1v) is 8.78. The highest BCUT2D eigenvalue weighted by atomic mass is 35.5. The van der Waals surface area contributed by atoms with Gasteiger partial charge in [-0.3, -0.25) is 9.59 Å². The maximum Gasteiger partial charge on any atom is 0.272 e. The van der Waals surface area contributed by atoms with E-state index in [1.165, 1.54) is 19.2 Å². The molecule has 2 aromatic carbocycles. The molecule has 2 amide bonds. The van der Waals surface area contributed by atoms with Gasteiger partial charge in [0.25, 0.3) is 5.91 Å². The van der Waals surface area contributed by atoms with Crippen LogP contribution in [0.4, 0.5) is 5.69 Å². The molecule has 2 N–H and O–H groups in total. The Labute approximate surface area is 167 Å². The molecule has 0 bridgehead atoms. The zero-order chi connectivity index (χ0) is 20.0. The van der Waals surface area contributed by atoms with Crippen LogP contribution >= 0.6 is 23.2 Å². The Morgan fingerprint density at radius 2 is 1.89 bits per heavy atom. The number of rotatable bonds is 6. The predicted octanol–water partition coefficient (Wildman–Crippen LogP) is 4.44. The van der Waals surface area contributed by atoms with Crippen LogP contribution < -0.4 is 15.5 Å². The summed E-state index contributed by atoms with van der Waals surface area (Å²) in [6, 6.07) is 10.0. The third-order valence-electron chi connectivity index (χ3n) is 3.57. The van der Waals surface area contributed by atoms with Crippen LogP contribution in [0, 0.1) is 6.92 Å². The van der Waals surface area contributed by atoms with Crippen LogP contribution in [0.5, 0.6) is 5.75 Å². The number of carbonyl (C=O) groups excluding carboxylic acids is 2. The molecule has 27 heavy (non-hydrogen) atoms. The molecular formula is C19H19Cl2N3O3. The first-order valence-electron chi connectivity index (χ1n) is 8.03. The van der Waals surface area contributed by atoms with Crippen LogP contribution in [0.3, 0.4) is 0 Å². The summed E-state index contributed by atoms with van der Waals surface area (Å²) in [5.74, 6) is -0.204. The topological polar surface area (TPSA) is 79.8 Å². The zero-order valence-corrected chi connectivity index (χ0v) is 16.6. The van der Waals surface area contributed by atoms with Gasteiger partial charge in [-0.2, -0.15) is 5.10 Å². The van der Waals surface area contributed by atoms with Crippen molar-refractivity contribution in [3.63, 3.8) is 0 Å². The Kier molecular flexibility index (Phi) is 7.21. The molecule has 2 aromatic rings. The molecule has 0 heterocycles. The fourth-order valence-corrected chi connectivity index (χ4v) is 2.76. The van der Waals surface area contributed by atoms with Crippen molar-refractivity contribution in [2.45, 2.75) is 20.3 Å². The van der Waals surface area contributed by atoms with Crippen molar-refractivity contribution in [3.8, 4) is 5.75 Å². The van der Waals surface area contributed by atoms with Crippen molar-refractivity contribution < 1.29 is 14.3 Å². The highest BCUT2D eigenvalue weighted by Crippen LogP contribution is 2.25. The van der Waals surface area contributed by atoms with Crippen LogP contribution in [0.15, 0.2) is 41.5 Å². The third kappa shape index (κ3) is 5.98. The summed E-state index contributed by atoms with van der Waals surface area (Å²) in [7, 11) is 1.53. The van der Waals surface area contributed by atoms with Gasteiger partial charge in [0, 0.05) is 10.7 Å². The molecule has 0 saturated carbocycles. The average molecular weight is 408 g/mol. The number of ether oxygens (including phenoxy) is 1. The van der Waals surface area contributed by atoms with Gasteiger partial charge in [-0.25, -0.2) is 5.43 Å². The molecule has 8 heteroatoms. The normalized spacial score (nSPS) is 11.1. The van der Waals surface area contributed by atoms with Gasteiger partial charge in [0.05, 0.1) is 29.8 Å². The van der Waals surface area contributed by atoms with E-state index >= 15 is 0 Å². The molecular weight excluding hydrogens is 389 g/mol. The summed E-state index contributed by atoms with van der Waals surface area (Å²) in [6.45, 7) is 3.55. The first kappa shape index (κ1) is 20.7. The summed E-state index contributed by atoms with van der Waals surface area (Å²) in [5.41, 5.74) is 4.61. The fraction of sp³-hybridized carbons (Fsp3) is 0.211. The van der Waals surface area contributed by atoms with E-state index in [1.807, 2.05) is 19.1 Å². The van der Waals surface area contributed by atoms with Crippen molar-refractivity contribution >= 4 is 46.4 Å². The molecule has 0 spiro atoms. The Bertz CT molecular complexity index is 898. The SMILES string of the molecule is COc1ccc(C)cc1NC(=O)C/C(C)=N/NC(=O)c1ccc(Cl)cc1Cl. The molecule has 0 unspecified atom stereocenters. The number of amides is 2. The first-order chi connectivity index (χ1) is 12.8. The zero-order valence-electron chi connectivity index (χ0n) is 15.1. The lowest BCUT2D eigenvalue weighted by molar-refractivity contribution is -0.115. The number of hydrogen-bond acceptors (Lipinski definition) is 4. The molecule has 0 fully saturated rings. The van der Waals surface area contributed by atoms with Gasteiger partial charge in [0.1, 0.15) is 5.75 Å². The minimum absolute atomic E-state index is 0.00568. The Morgan fingerprint density at radius 3 is 2.56 bits per heavy atom. The molecule has 6 nitrogen and oxygen atoms in total. The number of carbonyl (C=O) groups is 2. The largest absolute Gasteiger partial charge is 0.495 e. The van der Waals surface area contributed by atoms with Gasteiger partial charge < -0.3 is 10.1 Å². The lowest BCUT2D eigenvalue weighted by atomic mass is 10.2. The van der Waals surface area contributed by atoms with Crippen molar-refractivity contribution in [2.24, 2.45) is 5.10 Å². The monoisotopic (exact) mass is 407 g/mol. The standard InChI is InChI=1S/C19H19Cl2N3O3/c1-11-4-7-17(27-3)16(8-11)22-18(25)9-12(2)23-24-19(26)14-6-5-13(20)10-15(14)21/h4-8,10H,9H2,1-3H3,(H,22,25)(H,24,26)/b23-12+. The molecule has 0 aromatic heterocycles. The smallest absolute Gasteiger partial charge is 0.272 e. The fourth-order valence-electron chi connectivity index (χ4n) is 2.27. The van der Waals surface area contributed by atoms with Crippen LogP contribution in [0.1, 0.15) is 29.3 Å². The summed E-state index contributed by atoms with van der Waals surface area (Å²) >= 11 is 11.8. The van der Waals surface area contributed by atoms with Crippen molar-refractivity contribution in [3.05, 3.63) is 57.6 Å². The van der Waals surface area contributed by atoms with Gasteiger partial charge in [0.2, 0.25) is 5.91 Å². The number of anilines is 1. The van der Waals surface area contributed by atoms with E-state index in [1.54, 1.807) is 19.1 Å². The van der Waals surface area contributed by atoms with Gasteiger partial charge >= 0.3 is 0 Å². The lowest BCUT2D eigenvalue weighted by Gasteiger charge is -2.11. The number of aryl methyl sites for hydroxylation is 1. The van der Waals surface area contributed by atoms with E-state index in [0.717, 1.165) is 5.56 Å². The summed E-state index contributed by atoms with van der Waals surface area (Å²) in [6.07, 6.45) is 0.00568. The molecule has 2 rings (SSSR count). The maximum atomic E-state index is 12.2. The van der Waals surface area contributed by atoms with Gasteiger partial charge in [-0.05, 0) is 49.7 Å². The highest BCUT2D eigenvalue weighted by Gasteiger charge is 2.12. The number of hydrogen-bond donors (Lipinski definition) is 2. The van der Waals surface area contributed by atoms with E-state index in [4.69, 9.17) is 27.9 Å². The van der Waals surface area contributed by atoms with E-state index in [-0.39, 0.29) is 22.9 Å². The Morgan fingerprint density at radius 1 is 1.15 bits per heavy atom. The number of halogens is 2. The van der Waals surface area contributed by atoms with Gasteiger partial charge in [-0.15, -0.1) is 0 Å². The van der Waals surface area contributed by atoms with Crippen LogP contribution in [-0.2, 0) is 4.79 Å². The van der Waals surface area contributed by atoms with Crippen molar-refractivity contribution in [1.29, 1.82) is 0 Å². The summed E-state index contributed by atoms with van der Waals surface area (Å²) in [4.78, 5) is 24.3. The average Bonchev–Trinajstić information content (AvgIpc) is 2.59. The molecule has 0 aliphatic rings. The van der Waals surface area contributed by atoms with Crippen molar-refractivity contribution in [2.75, 3.05) is 12.4 Å². The summed E-state index contributed by atoms with van der Waals surface area (Å²) in [5, 5.41) is 7.36. The molecule has 0 aliphatic heterocycles. The van der Waals surface area contributed by atoms with Crippen molar-refractivity contribution in [1.82, 2.24) is 5.43 Å². The number of nitrogens with one attached hydrogen (secondary N) is 2. The number of methoxy groups -OCH3 is 1. The Hall–Kier alpha value is -2.57.